The Morgan fingerprint density at radius 3 is 2.15 bits per heavy atom. The van der Waals surface area contributed by atoms with E-state index in [0.29, 0.717) is 33.5 Å². The third kappa shape index (κ3) is 4.53. The van der Waals surface area contributed by atoms with E-state index in [0.717, 1.165) is 0 Å². The van der Waals surface area contributed by atoms with E-state index >= 15 is 0 Å². The molecule has 6 nitrogen and oxygen atoms in total. The lowest BCUT2D eigenvalue weighted by molar-refractivity contribution is 0.242. The third-order valence-electron chi connectivity index (χ3n) is 3.52. The first-order valence-electron chi connectivity index (χ1n) is 7.89. The van der Waals surface area contributed by atoms with Crippen LogP contribution in [0.3, 0.4) is 0 Å². The van der Waals surface area contributed by atoms with Crippen molar-refractivity contribution in [2.45, 2.75) is 31.8 Å². The van der Waals surface area contributed by atoms with Gasteiger partial charge in [-0.1, -0.05) is 11.6 Å². The molecule has 0 aliphatic heterocycles. The van der Waals surface area contributed by atoms with Crippen molar-refractivity contribution in [1.82, 2.24) is 0 Å². The zero-order valence-electron chi connectivity index (χ0n) is 15.3. The maximum absolute atomic E-state index is 12.8. The zero-order chi connectivity index (χ0) is 19.5. The van der Waals surface area contributed by atoms with Crippen LogP contribution in [0.15, 0.2) is 35.2 Å². The summed E-state index contributed by atoms with van der Waals surface area (Å²) in [5.41, 5.74) is 0.862. The van der Waals surface area contributed by atoms with Crippen molar-refractivity contribution in [1.29, 1.82) is 0 Å². The summed E-state index contributed by atoms with van der Waals surface area (Å²) in [6.45, 7) is 5.45. The van der Waals surface area contributed by atoms with Crippen molar-refractivity contribution in [3.05, 3.63) is 40.9 Å². The van der Waals surface area contributed by atoms with Gasteiger partial charge < -0.3 is 14.2 Å². The average molecular weight is 400 g/mol. The zero-order valence-corrected chi connectivity index (χ0v) is 16.9. The molecule has 0 heterocycles. The highest BCUT2D eigenvalue weighted by Gasteiger charge is 2.21. The smallest absolute Gasteiger partial charge is 0.262 e. The van der Waals surface area contributed by atoms with E-state index in [1.165, 1.54) is 26.4 Å². The van der Waals surface area contributed by atoms with Crippen LogP contribution in [0.4, 0.5) is 5.69 Å². The molecule has 0 aliphatic carbocycles. The van der Waals surface area contributed by atoms with Crippen LogP contribution in [0.1, 0.15) is 19.4 Å². The number of nitrogens with one attached hydrogen (secondary N) is 1. The van der Waals surface area contributed by atoms with Gasteiger partial charge in [0, 0.05) is 6.07 Å². The molecule has 0 radical (unpaired) electrons. The van der Waals surface area contributed by atoms with Gasteiger partial charge in [0.25, 0.3) is 10.0 Å². The largest absolute Gasteiger partial charge is 0.493 e. The summed E-state index contributed by atoms with van der Waals surface area (Å²) in [5, 5.41) is 0.322. The fourth-order valence-corrected chi connectivity index (χ4v) is 3.89. The highest BCUT2D eigenvalue weighted by atomic mass is 35.5. The number of benzene rings is 2. The van der Waals surface area contributed by atoms with Gasteiger partial charge in [-0.25, -0.2) is 8.42 Å². The minimum Gasteiger partial charge on any atom is -0.493 e. The minimum atomic E-state index is -3.84. The summed E-state index contributed by atoms with van der Waals surface area (Å²) in [4.78, 5) is 0.0915. The van der Waals surface area contributed by atoms with E-state index in [-0.39, 0.29) is 11.0 Å². The number of methoxy groups -OCH3 is 2. The number of aryl methyl sites for hydroxylation is 1. The van der Waals surface area contributed by atoms with E-state index in [9.17, 15) is 8.42 Å². The Hall–Kier alpha value is -2.12. The van der Waals surface area contributed by atoms with Gasteiger partial charge in [-0.15, -0.1) is 0 Å². The van der Waals surface area contributed by atoms with Gasteiger partial charge in [0.05, 0.1) is 35.9 Å². The molecule has 2 aromatic carbocycles. The van der Waals surface area contributed by atoms with E-state index in [2.05, 4.69) is 4.72 Å². The molecule has 0 spiro atoms. The van der Waals surface area contributed by atoms with Crippen molar-refractivity contribution in [2.24, 2.45) is 0 Å². The second kappa shape index (κ2) is 8.05. The minimum absolute atomic E-state index is 0.0375. The number of halogens is 1. The van der Waals surface area contributed by atoms with Crippen LogP contribution in [0.2, 0.25) is 5.02 Å². The predicted octanol–water partition coefficient (Wildman–Crippen LogP) is 4.25. The summed E-state index contributed by atoms with van der Waals surface area (Å²) < 4.78 is 44.0. The Kier molecular flexibility index (Phi) is 6.26. The Bertz CT molecular complexity index is 897. The van der Waals surface area contributed by atoms with Gasteiger partial charge in [-0.05, 0) is 50.6 Å². The third-order valence-corrected chi connectivity index (χ3v) is 5.34. The Morgan fingerprint density at radius 1 is 1.00 bits per heavy atom. The van der Waals surface area contributed by atoms with Crippen LogP contribution in [-0.4, -0.2) is 28.7 Å². The summed E-state index contributed by atoms with van der Waals surface area (Å²) >= 11 is 6.17. The van der Waals surface area contributed by atoms with Gasteiger partial charge in [0.15, 0.2) is 11.5 Å². The first-order chi connectivity index (χ1) is 12.2. The molecule has 142 valence electrons. The second-order valence-electron chi connectivity index (χ2n) is 5.89. The van der Waals surface area contributed by atoms with E-state index < -0.39 is 10.0 Å². The van der Waals surface area contributed by atoms with Crippen molar-refractivity contribution >= 4 is 27.3 Å². The van der Waals surface area contributed by atoms with Gasteiger partial charge >= 0.3 is 0 Å². The van der Waals surface area contributed by atoms with Crippen LogP contribution in [0.25, 0.3) is 0 Å². The first-order valence-corrected chi connectivity index (χ1v) is 9.75. The molecule has 0 amide bonds. The van der Waals surface area contributed by atoms with Crippen molar-refractivity contribution in [3.63, 3.8) is 0 Å². The Balaban J connectivity index is 2.36. The molecule has 0 bridgehead atoms. The molecule has 2 aromatic rings. The fraction of sp³-hybridized carbons (Fsp3) is 0.333. The lowest BCUT2D eigenvalue weighted by Crippen LogP contribution is -2.15. The molecular formula is C18H22ClNO5S. The molecule has 0 saturated heterocycles. The molecule has 2 rings (SSSR count). The molecule has 26 heavy (non-hydrogen) atoms. The van der Waals surface area contributed by atoms with Gasteiger partial charge in [-0.3, -0.25) is 4.72 Å². The molecule has 8 heteroatoms. The molecule has 0 saturated carbocycles. The van der Waals surface area contributed by atoms with Crippen molar-refractivity contribution in [3.8, 4) is 17.2 Å². The van der Waals surface area contributed by atoms with Crippen LogP contribution in [-0.2, 0) is 10.0 Å². The number of hydrogen-bond acceptors (Lipinski definition) is 5. The average Bonchev–Trinajstić information content (AvgIpc) is 2.56. The second-order valence-corrected chi connectivity index (χ2v) is 7.95. The van der Waals surface area contributed by atoms with Crippen molar-refractivity contribution in [2.75, 3.05) is 18.9 Å². The monoisotopic (exact) mass is 399 g/mol. The standard InChI is InChI=1S/C18H22ClNO5S/c1-11(2)25-15-7-6-13(9-14(15)19)20-26(21,22)18-10-17(24-5)16(23-4)8-12(18)3/h6-11,20H,1-5H3. The van der Waals surface area contributed by atoms with Gasteiger partial charge in [-0.2, -0.15) is 0 Å². The van der Waals surface area contributed by atoms with E-state index in [1.807, 2.05) is 13.8 Å². The quantitative estimate of drug-likeness (QED) is 0.753. The lowest BCUT2D eigenvalue weighted by Gasteiger charge is -2.15. The molecule has 1 N–H and O–H groups in total. The van der Waals surface area contributed by atoms with E-state index in [1.54, 1.807) is 25.1 Å². The Labute approximate surface area is 159 Å². The number of anilines is 1. The van der Waals surface area contributed by atoms with Crippen LogP contribution < -0.4 is 18.9 Å². The number of sulfonamides is 1. The highest BCUT2D eigenvalue weighted by Crippen LogP contribution is 2.34. The van der Waals surface area contributed by atoms with Crippen LogP contribution >= 0.6 is 11.6 Å². The first kappa shape index (κ1) is 20.2. The number of rotatable bonds is 7. The lowest BCUT2D eigenvalue weighted by atomic mass is 10.2. The number of ether oxygens (including phenoxy) is 3. The summed E-state index contributed by atoms with van der Waals surface area (Å²) in [5.74, 6) is 1.28. The molecule has 0 fully saturated rings. The number of hydrogen-bond donors (Lipinski definition) is 1. The van der Waals surface area contributed by atoms with Crippen LogP contribution in [0.5, 0.6) is 17.2 Å². The SMILES string of the molecule is COc1cc(C)c(S(=O)(=O)Nc2ccc(OC(C)C)c(Cl)c2)cc1OC. The molecule has 0 atom stereocenters. The van der Waals surface area contributed by atoms with Crippen LogP contribution in [0, 0.1) is 6.92 Å². The molecule has 0 aromatic heterocycles. The van der Waals surface area contributed by atoms with Gasteiger partial charge in [0.2, 0.25) is 0 Å². The summed E-state index contributed by atoms with van der Waals surface area (Å²) in [7, 11) is -0.898. The summed E-state index contributed by atoms with van der Waals surface area (Å²) in [6, 6.07) is 7.76. The molecule has 0 aliphatic rings. The van der Waals surface area contributed by atoms with Gasteiger partial charge in [0.1, 0.15) is 5.75 Å². The normalized spacial score (nSPS) is 11.3. The van der Waals surface area contributed by atoms with Crippen molar-refractivity contribution < 1.29 is 22.6 Å². The topological polar surface area (TPSA) is 73.9 Å². The maximum Gasteiger partial charge on any atom is 0.262 e. The predicted molar refractivity (Wildman–Crippen MR) is 102 cm³/mol. The molecule has 0 unspecified atom stereocenters. The Morgan fingerprint density at radius 2 is 1.62 bits per heavy atom. The van der Waals surface area contributed by atoms with E-state index in [4.69, 9.17) is 25.8 Å². The fourth-order valence-electron chi connectivity index (χ4n) is 2.38. The molecular weight excluding hydrogens is 378 g/mol. The highest BCUT2D eigenvalue weighted by molar-refractivity contribution is 7.92. The summed E-state index contributed by atoms with van der Waals surface area (Å²) in [6.07, 6.45) is -0.0375. The maximum atomic E-state index is 12.8.